The van der Waals surface area contributed by atoms with Gasteiger partial charge in [0.15, 0.2) is 21.3 Å². The number of benzene rings is 1. The molecule has 0 spiro atoms. The second-order valence-corrected chi connectivity index (χ2v) is 10.2. The van der Waals surface area contributed by atoms with Gasteiger partial charge in [-0.2, -0.15) is 5.10 Å². The van der Waals surface area contributed by atoms with E-state index in [0.29, 0.717) is 36.7 Å². The first-order valence-corrected chi connectivity index (χ1v) is 12.0. The van der Waals surface area contributed by atoms with Crippen molar-refractivity contribution in [3.63, 3.8) is 0 Å². The Balaban J connectivity index is 1.45. The molecular formula is C22H23N3O5S. The van der Waals surface area contributed by atoms with Crippen molar-refractivity contribution in [2.45, 2.75) is 25.4 Å². The summed E-state index contributed by atoms with van der Waals surface area (Å²) in [5, 5.41) is 4.55. The fourth-order valence-corrected chi connectivity index (χ4v) is 6.04. The first-order valence-electron chi connectivity index (χ1n) is 10.2. The van der Waals surface area contributed by atoms with Gasteiger partial charge in [-0.25, -0.2) is 8.42 Å². The average molecular weight is 442 g/mol. The molecule has 0 unspecified atom stereocenters. The van der Waals surface area contributed by atoms with Crippen LogP contribution in [0, 0.1) is 0 Å². The number of methoxy groups -OCH3 is 1. The number of carbonyl (C=O) groups is 1. The smallest absolute Gasteiger partial charge is 0.274 e. The van der Waals surface area contributed by atoms with Gasteiger partial charge in [0.05, 0.1) is 30.9 Å². The second-order valence-electron chi connectivity index (χ2n) is 8.00. The summed E-state index contributed by atoms with van der Waals surface area (Å²) in [5.41, 5.74) is 3.19. The van der Waals surface area contributed by atoms with E-state index in [2.05, 4.69) is 5.10 Å². The molecule has 8 nitrogen and oxygen atoms in total. The van der Waals surface area contributed by atoms with Gasteiger partial charge in [-0.15, -0.1) is 0 Å². The van der Waals surface area contributed by atoms with E-state index in [1.54, 1.807) is 41.2 Å². The predicted molar refractivity (Wildman–Crippen MR) is 114 cm³/mol. The number of amides is 1. The molecule has 0 radical (unpaired) electrons. The summed E-state index contributed by atoms with van der Waals surface area (Å²) in [6, 6.07) is 10.9. The third-order valence-corrected chi connectivity index (χ3v) is 7.75. The van der Waals surface area contributed by atoms with Crippen molar-refractivity contribution >= 4 is 15.7 Å². The van der Waals surface area contributed by atoms with Crippen LogP contribution in [0.1, 0.15) is 34.1 Å². The van der Waals surface area contributed by atoms with Gasteiger partial charge in [-0.1, -0.05) is 6.07 Å². The highest BCUT2D eigenvalue weighted by molar-refractivity contribution is 7.91. The topological polar surface area (TPSA) is 94.6 Å². The number of sulfone groups is 1. The molecule has 5 rings (SSSR count). The highest BCUT2D eigenvalue weighted by Crippen LogP contribution is 2.31. The molecule has 2 aliphatic heterocycles. The maximum Gasteiger partial charge on any atom is 0.274 e. The highest BCUT2D eigenvalue weighted by atomic mass is 32.2. The minimum atomic E-state index is -3.10. The van der Waals surface area contributed by atoms with Gasteiger partial charge in [0.2, 0.25) is 0 Å². The summed E-state index contributed by atoms with van der Waals surface area (Å²) in [7, 11) is -1.46. The number of furan rings is 1. The third-order valence-electron chi connectivity index (χ3n) is 6.00. The number of hydrogen-bond donors (Lipinski definition) is 0. The van der Waals surface area contributed by atoms with Crippen molar-refractivity contribution in [1.82, 2.24) is 14.7 Å². The van der Waals surface area contributed by atoms with E-state index in [0.717, 1.165) is 17.7 Å². The number of rotatable bonds is 4. The van der Waals surface area contributed by atoms with Crippen LogP contribution in [0.5, 0.6) is 5.75 Å². The van der Waals surface area contributed by atoms with Crippen molar-refractivity contribution in [3.8, 4) is 17.2 Å². The van der Waals surface area contributed by atoms with E-state index in [9.17, 15) is 13.2 Å². The first kappa shape index (κ1) is 19.9. The molecule has 1 atom stereocenters. The number of carbonyl (C=O) groups excluding carboxylic acids is 1. The molecule has 2 aliphatic rings. The number of fused-ring (bicyclic) bond motifs is 1. The van der Waals surface area contributed by atoms with Crippen LogP contribution in [-0.2, 0) is 22.8 Å². The first-order chi connectivity index (χ1) is 14.9. The molecule has 0 N–H and O–H groups in total. The van der Waals surface area contributed by atoms with Crippen LogP contribution in [0.3, 0.4) is 0 Å². The normalized spacial score (nSPS) is 19.9. The molecule has 2 aromatic heterocycles. The van der Waals surface area contributed by atoms with Crippen LogP contribution in [0.4, 0.5) is 0 Å². The maximum atomic E-state index is 13.3. The zero-order valence-corrected chi connectivity index (χ0v) is 18.0. The van der Waals surface area contributed by atoms with Crippen molar-refractivity contribution in [2.75, 3.05) is 25.2 Å². The minimum Gasteiger partial charge on any atom is -0.497 e. The van der Waals surface area contributed by atoms with E-state index < -0.39 is 9.84 Å². The SMILES string of the molecule is COc1ccc2c(c1)CCN(C(=O)c1cc(-c3ccco3)n([C@H]3CCS(=O)(=O)C3)n1)C2. The molecule has 1 aromatic carbocycles. The third kappa shape index (κ3) is 3.74. The van der Waals surface area contributed by atoms with Gasteiger partial charge in [-0.05, 0) is 48.2 Å². The molecule has 1 saturated heterocycles. The van der Waals surface area contributed by atoms with Crippen LogP contribution in [0.2, 0.25) is 0 Å². The van der Waals surface area contributed by atoms with Gasteiger partial charge in [0.1, 0.15) is 11.4 Å². The summed E-state index contributed by atoms with van der Waals surface area (Å²) < 4.78 is 36.5. The fourth-order valence-electron chi connectivity index (χ4n) is 4.35. The Morgan fingerprint density at radius 3 is 2.81 bits per heavy atom. The largest absolute Gasteiger partial charge is 0.497 e. The van der Waals surface area contributed by atoms with Gasteiger partial charge in [0.25, 0.3) is 5.91 Å². The minimum absolute atomic E-state index is 0.0228. The highest BCUT2D eigenvalue weighted by Gasteiger charge is 2.33. The van der Waals surface area contributed by atoms with E-state index in [4.69, 9.17) is 9.15 Å². The molecule has 1 fully saturated rings. The number of nitrogens with zero attached hydrogens (tertiary/aromatic N) is 3. The molecule has 4 heterocycles. The summed E-state index contributed by atoms with van der Waals surface area (Å²) >= 11 is 0. The Kier molecular flexibility index (Phi) is 4.85. The van der Waals surface area contributed by atoms with Crippen LogP contribution in [0.15, 0.2) is 47.1 Å². The Labute approximate surface area is 180 Å². The molecule has 0 saturated carbocycles. The molecule has 31 heavy (non-hydrogen) atoms. The zero-order valence-electron chi connectivity index (χ0n) is 17.2. The number of hydrogen-bond acceptors (Lipinski definition) is 6. The van der Waals surface area contributed by atoms with Crippen LogP contribution < -0.4 is 4.74 Å². The number of ether oxygens (including phenoxy) is 1. The average Bonchev–Trinajstić information content (AvgIpc) is 3.51. The van der Waals surface area contributed by atoms with Crippen LogP contribution in [0.25, 0.3) is 11.5 Å². The lowest BCUT2D eigenvalue weighted by Crippen LogP contribution is -2.36. The van der Waals surface area contributed by atoms with Crippen molar-refractivity contribution in [1.29, 1.82) is 0 Å². The van der Waals surface area contributed by atoms with Gasteiger partial charge < -0.3 is 14.1 Å². The molecular weight excluding hydrogens is 418 g/mol. The second kappa shape index (κ2) is 7.56. The maximum absolute atomic E-state index is 13.3. The summed E-state index contributed by atoms with van der Waals surface area (Å²) in [6.07, 6.45) is 2.77. The van der Waals surface area contributed by atoms with E-state index in [1.165, 1.54) is 5.56 Å². The summed E-state index contributed by atoms with van der Waals surface area (Å²) in [4.78, 5) is 15.1. The molecule has 3 aromatic rings. The summed E-state index contributed by atoms with van der Waals surface area (Å²) in [5.74, 6) is 1.35. The van der Waals surface area contributed by atoms with Crippen LogP contribution in [-0.4, -0.2) is 54.2 Å². The van der Waals surface area contributed by atoms with Gasteiger partial charge >= 0.3 is 0 Å². The lowest BCUT2D eigenvalue weighted by atomic mass is 9.99. The molecule has 1 amide bonds. The lowest BCUT2D eigenvalue weighted by Gasteiger charge is -2.28. The van der Waals surface area contributed by atoms with E-state index >= 15 is 0 Å². The number of aromatic nitrogens is 2. The van der Waals surface area contributed by atoms with E-state index in [1.807, 2.05) is 18.2 Å². The molecule has 0 bridgehead atoms. The monoisotopic (exact) mass is 441 g/mol. The Morgan fingerprint density at radius 1 is 1.23 bits per heavy atom. The summed E-state index contributed by atoms with van der Waals surface area (Å²) in [6.45, 7) is 1.08. The quantitative estimate of drug-likeness (QED) is 0.618. The Morgan fingerprint density at radius 2 is 2.10 bits per heavy atom. The van der Waals surface area contributed by atoms with E-state index in [-0.39, 0.29) is 23.5 Å². The van der Waals surface area contributed by atoms with Gasteiger partial charge in [0, 0.05) is 19.2 Å². The fraction of sp³-hybridized carbons (Fsp3) is 0.364. The Hall–Kier alpha value is -3.07. The van der Waals surface area contributed by atoms with Crippen molar-refractivity contribution in [3.05, 3.63) is 59.5 Å². The van der Waals surface area contributed by atoms with Crippen molar-refractivity contribution in [2.24, 2.45) is 0 Å². The molecule has 162 valence electrons. The molecule has 9 heteroatoms. The Bertz CT molecular complexity index is 1230. The van der Waals surface area contributed by atoms with Crippen LogP contribution >= 0.6 is 0 Å². The molecule has 0 aliphatic carbocycles. The lowest BCUT2D eigenvalue weighted by molar-refractivity contribution is 0.0727. The van der Waals surface area contributed by atoms with Gasteiger partial charge in [-0.3, -0.25) is 9.48 Å². The predicted octanol–water partition coefficient (Wildman–Crippen LogP) is 2.71. The van der Waals surface area contributed by atoms with Crippen molar-refractivity contribution < 1.29 is 22.4 Å². The standard InChI is InChI=1S/C22H23N3O5S/c1-29-18-5-4-16-13-24(8-6-15(16)11-18)22(26)19-12-20(21-3-2-9-30-21)25(23-19)17-7-10-31(27,28)14-17/h2-5,9,11-12,17H,6-8,10,13-14H2,1H3/t17-/m0/s1. The zero-order chi connectivity index (χ0) is 21.6.